The molecule has 3 fully saturated rings. The molecule has 0 N–H and O–H groups in total. The van der Waals surface area contributed by atoms with Crippen molar-refractivity contribution in [2.45, 2.75) is 78.2 Å². The van der Waals surface area contributed by atoms with Crippen LogP contribution in [-0.4, -0.2) is 12.1 Å². The van der Waals surface area contributed by atoms with Gasteiger partial charge in [0.2, 0.25) is 0 Å². The lowest BCUT2D eigenvalue weighted by molar-refractivity contribution is -0.148. The van der Waals surface area contributed by atoms with Crippen LogP contribution in [0.25, 0.3) is 0 Å². The maximum atomic E-state index is 11.3. The van der Waals surface area contributed by atoms with Gasteiger partial charge in [0, 0.05) is 13.3 Å². The van der Waals surface area contributed by atoms with Crippen LogP contribution in [-0.2, 0) is 9.53 Å². The maximum Gasteiger partial charge on any atom is 0.302 e. The minimum absolute atomic E-state index is 0.0803. The highest BCUT2D eigenvalue weighted by molar-refractivity contribution is 5.66. The van der Waals surface area contributed by atoms with Gasteiger partial charge in [-0.25, -0.2) is 0 Å². The summed E-state index contributed by atoms with van der Waals surface area (Å²) >= 11 is 0. The van der Waals surface area contributed by atoms with Crippen LogP contribution in [0.4, 0.5) is 0 Å². The van der Waals surface area contributed by atoms with Crippen molar-refractivity contribution < 1.29 is 9.53 Å². The standard InChI is InChI=1S/C22H31NO2/c1-14(24)25-17-8-10-21(2)15(12-17)4-6-18-19-7-5-16(13-23)22(19,3)11-9-20(18)21/h4,16-20H,5-12H2,1-3H3/t16-,17+,18-,19+,20+,21-,22+/m0/s1. The van der Waals surface area contributed by atoms with Gasteiger partial charge in [0.1, 0.15) is 6.10 Å². The molecule has 4 aliphatic carbocycles. The molecule has 136 valence electrons. The second kappa shape index (κ2) is 5.86. The summed E-state index contributed by atoms with van der Waals surface area (Å²) in [5.74, 6) is 2.33. The van der Waals surface area contributed by atoms with Gasteiger partial charge < -0.3 is 4.74 Å². The Morgan fingerprint density at radius 3 is 2.72 bits per heavy atom. The normalized spacial score (nSPS) is 48.4. The zero-order valence-electron chi connectivity index (χ0n) is 15.9. The molecule has 0 bridgehead atoms. The molecular weight excluding hydrogens is 310 g/mol. The number of allylic oxidation sites excluding steroid dienone is 1. The molecule has 7 atom stereocenters. The summed E-state index contributed by atoms with van der Waals surface area (Å²) in [5.41, 5.74) is 2.07. The van der Waals surface area contributed by atoms with E-state index in [2.05, 4.69) is 26.0 Å². The summed E-state index contributed by atoms with van der Waals surface area (Å²) in [6.45, 7) is 6.39. The van der Waals surface area contributed by atoms with Crippen molar-refractivity contribution in [2.75, 3.05) is 0 Å². The van der Waals surface area contributed by atoms with Crippen LogP contribution in [0.15, 0.2) is 11.6 Å². The summed E-state index contributed by atoms with van der Waals surface area (Å²) in [6.07, 6.45) is 11.6. The summed E-state index contributed by atoms with van der Waals surface area (Å²) in [5, 5.41) is 9.60. The Labute approximate surface area is 151 Å². The van der Waals surface area contributed by atoms with Gasteiger partial charge in [0.25, 0.3) is 0 Å². The molecule has 0 saturated heterocycles. The summed E-state index contributed by atoms with van der Waals surface area (Å²) in [7, 11) is 0. The topological polar surface area (TPSA) is 50.1 Å². The Balaban J connectivity index is 1.59. The molecule has 0 aromatic heterocycles. The Kier molecular flexibility index (Phi) is 4.02. The number of carbonyl (C=O) groups is 1. The van der Waals surface area contributed by atoms with Crippen LogP contribution in [0.2, 0.25) is 0 Å². The van der Waals surface area contributed by atoms with E-state index < -0.39 is 0 Å². The lowest BCUT2D eigenvalue weighted by atomic mass is 9.47. The van der Waals surface area contributed by atoms with Gasteiger partial charge in [-0.1, -0.05) is 25.5 Å². The van der Waals surface area contributed by atoms with Gasteiger partial charge in [-0.05, 0) is 73.5 Å². The van der Waals surface area contributed by atoms with E-state index in [9.17, 15) is 10.1 Å². The van der Waals surface area contributed by atoms with Crippen molar-refractivity contribution in [1.82, 2.24) is 0 Å². The quantitative estimate of drug-likeness (QED) is 0.497. The molecule has 0 unspecified atom stereocenters. The fraction of sp³-hybridized carbons (Fsp3) is 0.818. The molecule has 0 heterocycles. The number of ether oxygens (including phenoxy) is 1. The van der Waals surface area contributed by atoms with Crippen LogP contribution in [0.3, 0.4) is 0 Å². The molecular formula is C22H31NO2. The monoisotopic (exact) mass is 341 g/mol. The van der Waals surface area contributed by atoms with Gasteiger partial charge >= 0.3 is 5.97 Å². The average molecular weight is 341 g/mol. The molecule has 3 nitrogen and oxygen atoms in total. The second-order valence-electron chi connectivity index (χ2n) is 9.54. The molecule has 0 amide bonds. The minimum atomic E-state index is -0.148. The van der Waals surface area contributed by atoms with Crippen LogP contribution in [0.1, 0.15) is 72.1 Å². The third kappa shape index (κ3) is 2.47. The first kappa shape index (κ1) is 17.1. The molecule has 4 rings (SSSR count). The number of hydrogen-bond acceptors (Lipinski definition) is 3. The molecule has 0 aromatic rings. The first-order chi connectivity index (χ1) is 11.9. The van der Waals surface area contributed by atoms with Crippen LogP contribution in [0, 0.1) is 45.8 Å². The van der Waals surface area contributed by atoms with Crippen LogP contribution < -0.4 is 0 Å². The smallest absolute Gasteiger partial charge is 0.302 e. The van der Waals surface area contributed by atoms with Crippen molar-refractivity contribution in [2.24, 2.45) is 34.5 Å². The number of carbonyl (C=O) groups excluding carboxylic acids is 1. The average Bonchev–Trinajstić information content (AvgIpc) is 2.91. The van der Waals surface area contributed by atoms with Crippen molar-refractivity contribution in [1.29, 1.82) is 5.26 Å². The fourth-order valence-corrected chi connectivity index (χ4v) is 7.18. The fourth-order valence-electron chi connectivity index (χ4n) is 7.18. The molecule has 0 spiro atoms. The van der Waals surface area contributed by atoms with Crippen molar-refractivity contribution in [3.8, 4) is 6.07 Å². The van der Waals surface area contributed by atoms with Gasteiger partial charge in [-0.2, -0.15) is 5.26 Å². The maximum absolute atomic E-state index is 11.3. The van der Waals surface area contributed by atoms with E-state index in [0.29, 0.717) is 0 Å². The van der Waals surface area contributed by atoms with Gasteiger partial charge in [-0.3, -0.25) is 4.79 Å². The minimum Gasteiger partial charge on any atom is -0.462 e. The Bertz CT molecular complexity index is 647. The van der Waals surface area contributed by atoms with Crippen molar-refractivity contribution >= 4 is 5.97 Å². The summed E-state index contributed by atoms with van der Waals surface area (Å²) in [6, 6.07) is 2.63. The summed E-state index contributed by atoms with van der Waals surface area (Å²) in [4.78, 5) is 11.3. The van der Waals surface area contributed by atoms with E-state index in [1.165, 1.54) is 32.6 Å². The van der Waals surface area contributed by atoms with E-state index in [-0.39, 0.29) is 28.8 Å². The van der Waals surface area contributed by atoms with Gasteiger partial charge in [-0.15, -0.1) is 0 Å². The van der Waals surface area contributed by atoms with Gasteiger partial charge in [0.15, 0.2) is 0 Å². The predicted octanol–water partition coefficient (Wildman–Crippen LogP) is 5.02. The number of hydrogen-bond donors (Lipinski definition) is 0. The highest BCUT2D eigenvalue weighted by Crippen LogP contribution is 2.66. The molecule has 25 heavy (non-hydrogen) atoms. The van der Waals surface area contributed by atoms with Gasteiger partial charge in [0.05, 0.1) is 12.0 Å². The lowest BCUT2D eigenvalue weighted by Gasteiger charge is -2.57. The van der Waals surface area contributed by atoms with Crippen molar-refractivity contribution in [3.05, 3.63) is 11.6 Å². The number of nitrogens with zero attached hydrogens (tertiary/aromatic N) is 1. The zero-order valence-corrected chi connectivity index (χ0v) is 15.9. The first-order valence-corrected chi connectivity index (χ1v) is 10.1. The Hall–Kier alpha value is -1.30. The predicted molar refractivity (Wildman–Crippen MR) is 96.4 cm³/mol. The third-order valence-corrected chi connectivity index (χ3v) is 8.55. The molecule has 0 aliphatic heterocycles. The van der Waals surface area contributed by atoms with Crippen LogP contribution >= 0.6 is 0 Å². The van der Waals surface area contributed by atoms with E-state index >= 15 is 0 Å². The molecule has 3 saturated carbocycles. The Morgan fingerprint density at radius 2 is 2.00 bits per heavy atom. The molecule has 0 aromatic carbocycles. The molecule has 0 radical (unpaired) electrons. The van der Waals surface area contributed by atoms with E-state index in [1.54, 1.807) is 5.57 Å². The first-order valence-electron chi connectivity index (χ1n) is 10.1. The van der Waals surface area contributed by atoms with E-state index in [4.69, 9.17) is 4.74 Å². The highest BCUT2D eigenvalue weighted by Gasteiger charge is 2.58. The molecule has 4 aliphatic rings. The van der Waals surface area contributed by atoms with Crippen LogP contribution in [0.5, 0.6) is 0 Å². The number of rotatable bonds is 1. The van der Waals surface area contributed by atoms with E-state index in [0.717, 1.165) is 43.4 Å². The van der Waals surface area contributed by atoms with E-state index in [1.807, 2.05) is 0 Å². The lowest BCUT2D eigenvalue weighted by Crippen LogP contribution is -2.50. The summed E-state index contributed by atoms with van der Waals surface area (Å²) < 4.78 is 5.52. The highest BCUT2D eigenvalue weighted by atomic mass is 16.5. The number of nitriles is 1. The van der Waals surface area contributed by atoms with Crippen molar-refractivity contribution in [3.63, 3.8) is 0 Å². The largest absolute Gasteiger partial charge is 0.462 e. The second-order valence-corrected chi connectivity index (χ2v) is 9.54. The molecule has 3 heteroatoms. The SMILES string of the molecule is CC(=O)O[C@@H]1CC[C@@]2(C)C(=CC[C@H]3[C@H]4CC[C@@H](C#N)[C@@]4(C)CC[C@H]32)C1. The Morgan fingerprint density at radius 1 is 1.20 bits per heavy atom. The number of esters is 1. The third-order valence-electron chi connectivity index (χ3n) is 8.55. The number of fused-ring (bicyclic) bond motifs is 5. The zero-order chi connectivity index (χ0) is 17.8.